The van der Waals surface area contributed by atoms with Gasteiger partial charge in [0, 0.05) is 12.6 Å². The second kappa shape index (κ2) is 9.19. The molecular formula is C26H25N3O6S. The molecule has 1 aliphatic heterocycles. The molecule has 36 heavy (non-hydrogen) atoms. The summed E-state index contributed by atoms with van der Waals surface area (Å²) in [6.07, 6.45) is 2.18. The Morgan fingerprint density at radius 1 is 0.889 bits per heavy atom. The molecule has 1 aromatic heterocycles. The van der Waals surface area contributed by atoms with Crippen molar-refractivity contribution in [3.8, 4) is 17.2 Å². The van der Waals surface area contributed by atoms with Gasteiger partial charge >= 0.3 is 5.69 Å². The standard InChI is InChI=1S/C26H25N3O6S/c1-34-23-14-17-8-5-6-13-28(22(17)16-24(23)35-2)36(32,33)19-10-7-9-18(15-19)29-25(30)20-11-3-4-12-21(20)27-26(29)31/h3-4,7,9-12,14-16H,5-6,8,13H2,1-2H3,(H,27,31). The van der Waals surface area contributed by atoms with Gasteiger partial charge in [-0.15, -0.1) is 0 Å². The van der Waals surface area contributed by atoms with Gasteiger partial charge in [-0.25, -0.2) is 17.8 Å². The molecule has 2 heterocycles. The Hall–Kier alpha value is -4.05. The van der Waals surface area contributed by atoms with E-state index in [0.29, 0.717) is 40.9 Å². The van der Waals surface area contributed by atoms with Crippen molar-refractivity contribution in [2.75, 3.05) is 25.1 Å². The highest BCUT2D eigenvalue weighted by molar-refractivity contribution is 7.92. The molecule has 4 aromatic rings. The maximum Gasteiger partial charge on any atom is 0.333 e. The summed E-state index contributed by atoms with van der Waals surface area (Å²) in [4.78, 5) is 28.5. The van der Waals surface area contributed by atoms with E-state index in [1.54, 1.807) is 30.3 Å². The zero-order valence-corrected chi connectivity index (χ0v) is 20.7. The first-order chi connectivity index (χ1) is 17.3. The van der Waals surface area contributed by atoms with Crippen LogP contribution in [0.2, 0.25) is 0 Å². The second-order valence-corrected chi connectivity index (χ2v) is 10.3. The molecule has 0 saturated carbocycles. The first-order valence-electron chi connectivity index (χ1n) is 11.5. The number of aromatic nitrogens is 2. The Morgan fingerprint density at radius 2 is 1.64 bits per heavy atom. The summed E-state index contributed by atoms with van der Waals surface area (Å²) in [5.41, 5.74) is 0.767. The monoisotopic (exact) mass is 507 g/mol. The number of hydrogen-bond donors (Lipinski definition) is 1. The third kappa shape index (κ3) is 3.93. The lowest BCUT2D eigenvalue weighted by atomic mass is 10.1. The summed E-state index contributed by atoms with van der Waals surface area (Å²) in [5, 5.41) is 0.327. The van der Waals surface area contributed by atoms with Crippen LogP contribution in [0.5, 0.6) is 11.5 Å². The number of nitrogens with one attached hydrogen (secondary N) is 1. The van der Waals surface area contributed by atoms with Crippen molar-refractivity contribution >= 4 is 26.6 Å². The van der Waals surface area contributed by atoms with E-state index in [9.17, 15) is 18.0 Å². The number of methoxy groups -OCH3 is 2. The number of hydrogen-bond acceptors (Lipinski definition) is 6. The summed E-state index contributed by atoms with van der Waals surface area (Å²) in [5.74, 6) is 0.966. The molecule has 1 N–H and O–H groups in total. The number of H-pyrrole nitrogens is 1. The average Bonchev–Trinajstić information content (AvgIpc) is 3.10. The molecule has 186 valence electrons. The Labute approximate surface area is 207 Å². The zero-order valence-electron chi connectivity index (χ0n) is 19.9. The number of fused-ring (bicyclic) bond motifs is 2. The number of ether oxygens (including phenoxy) is 2. The Morgan fingerprint density at radius 3 is 2.42 bits per heavy atom. The highest BCUT2D eigenvalue weighted by atomic mass is 32.2. The van der Waals surface area contributed by atoms with E-state index in [1.165, 1.54) is 42.8 Å². The topological polar surface area (TPSA) is 111 Å². The number of nitrogens with zero attached hydrogens (tertiary/aromatic N) is 2. The second-order valence-electron chi connectivity index (χ2n) is 8.48. The lowest BCUT2D eigenvalue weighted by molar-refractivity contribution is 0.354. The molecule has 3 aromatic carbocycles. The predicted molar refractivity (Wildman–Crippen MR) is 137 cm³/mol. The lowest BCUT2D eigenvalue weighted by Gasteiger charge is -2.26. The number of anilines is 1. The molecule has 0 unspecified atom stereocenters. The summed E-state index contributed by atoms with van der Waals surface area (Å²) in [7, 11) is -0.992. The molecule has 1 aliphatic rings. The molecule has 10 heteroatoms. The minimum absolute atomic E-state index is 0.0258. The Bertz CT molecular complexity index is 1690. The molecule has 0 fully saturated rings. The highest BCUT2D eigenvalue weighted by Crippen LogP contribution is 2.39. The van der Waals surface area contributed by atoms with Crippen molar-refractivity contribution in [1.82, 2.24) is 9.55 Å². The Kier molecular flexibility index (Phi) is 6.05. The number of para-hydroxylation sites is 1. The van der Waals surface area contributed by atoms with Gasteiger partial charge in [0.2, 0.25) is 0 Å². The van der Waals surface area contributed by atoms with Gasteiger partial charge in [0.15, 0.2) is 11.5 Å². The molecule has 0 amide bonds. The van der Waals surface area contributed by atoms with E-state index in [1.807, 2.05) is 6.07 Å². The number of benzene rings is 3. The minimum Gasteiger partial charge on any atom is -0.493 e. The summed E-state index contributed by atoms with van der Waals surface area (Å²) < 4.78 is 41.0. The number of sulfonamides is 1. The quantitative estimate of drug-likeness (QED) is 0.444. The van der Waals surface area contributed by atoms with Crippen LogP contribution < -0.4 is 25.0 Å². The fraction of sp³-hybridized carbons (Fsp3) is 0.231. The van der Waals surface area contributed by atoms with E-state index in [-0.39, 0.29) is 17.1 Å². The van der Waals surface area contributed by atoms with Gasteiger partial charge in [0.1, 0.15) is 0 Å². The summed E-state index contributed by atoms with van der Waals surface area (Å²) in [6.45, 7) is 0.283. The minimum atomic E-state index is -4.03. The molecule has 0 radical (unpaired) electrons. The maximum atomic E-state index is 13.9. The van der Waals surface area contributed by atoms with Gasteiger partial charge in [0.25, 0.3) is 15.6 Å². The van der Waals surface area contributed by atoms with Crippen molar-refractivity contribution in [3.05, 3.63) is 87.1 Å². The molecule has 0 aliphatic carbocycles. The van der Waals surface area contributed by atoms with Crippen LogP contribution >= 0.6 is 0 Å². The first kappa shape index (κ1) is 23.7. The van der Waals surface area contributed by atoms with E-state index in [0.717, 1.165) is 16.6 Å². The van der Waals surface area contributed by atoms with Crippen molar-refractivity contribution in [2.45, 2.75) is 24.2 Å². The van der Waals surface area contributed by atoms with Gasteiger partial charge in [-0.2, -0.15) is 0 Å². The summed E-state index contributed by atoms with van der Waals surface area (Å²) >= 11 is 0. The molecule has 0 bridgehead atoms. The van der Waals surface area contributed by atoms with Gasteiger partial charge in [-0.3, -0.25) is 9.10 Å². The van der Waals surface area contributed by atoms with E-state index < -0.39 is 21.3 Å². The van der Waals surface area contributed by atoms with Crippen LogP contribution in [0.3, 0.4) is 0 Å². The van der Waals surface area contributed by atoms with Crippen molar-refractivity contribution in [3.63, 3.8) is 0 Å². The van der Waals surface area contributed by atoms with Crippen molar-refractivity contribution < 1.29 is 17.9 Å². The third-order valence-electron chi connectivity index (χ3n) is 6.38. The van der Waals surface area contributed by atoms with Gasteiger partial charge in [-0.05, 0) is 61.2 Å². The maximum absolute atomic E-state index is 13.9. The average molecular weight is 508 g/mol. The fourth-order valence-corrected chi connectivity index (χ4v) is 6.16. The first-order valence-corrected chi connectivity index (χ1v) is 12.9. The van der Waals surface area contributed by atoms with Crippen LogP contribution in [0.1, 0.15) is 18.4 Å². The van der Waals surface area contributed by atoms with Crippen LogP contribution in [0, 0.1) is 0 Å². The van der Waals surface area contributed by atoms with Gasteiger partial charge in [0.05, 0.1) is 41.4 Å². The molecule has 0 spiro atoms. The SMILES string of the molecule is COc1cc2c(cc1OC)N(S(=O)(=O)c1cccc(-n3c(=O)[nH]c4ccccc4c3=O)c1)CCCC2. The fourth-order valence-electron chi connectivity index (χ4n) is 4.59. The van der Waals surface area contributed by atoms with Crippen molar-refractivity contribution in [1.29, 1.82) is 0 Å². The number of rotatable bonds is 5. The Balaban J connectivity index is 1.64. The van der Waals surface area contributed by atoms with Crippen LogP contribution in [0.15, 0.2) is 75.1 Å². The normalized spacial score (nSPS) is 13.8. The molecule has 9 nitrogen and oxygen atoms in total. The highest BCUT2D eigenvalue weighted by Gasteiger charge is 2.30. The van der Waals surface area contributed by atoms with E-state index >= 15 is 0 Å². The van der Waals surface area contributed by atoms with Gasteiger partial charge < -0.3 is 14.5 Å². The van der Waals surface area contributed by atoms with Gasteiger partial charge in [-0.1, -0.05) is 18.2 Å². The third-order valence-corrected chi connectivity index (χ3v) is 8.19. The van der Waals surface area contributed by atoms with Crippen LogP contribution in [0.4, 0.5) is 5.69 Å². The van der Waals surface area contributed by atoms with Crippen molar-refractivity contribution in [2.24, 2.45) is 0 Å². The smallest absolute Gasteiger partial charge is 0.333 e. The van der Waals surface area contributed by atoms with Crippen LogP contribution in [-0.2, 0) is 16.4 Å². The van der Waals surface area contributed by atoms with Crippen LogP contribution in [-0.4, -0.2) is 38.7 Å². The van der Waals surface area contributed by atoms with E-state index in [4.69, 9.17) is 9.47 Å². The molecule has 5 rings (SSSR count). The van der Waals surface area contributed by atoms with Crippen LogP contribution in [0.25, 0.3) is 16.6 Å². The number of aromatic amines is 1. The number of aryl methyl sites for hydroxylation is 1. The summed E-state index contributed by atoms with van der Waals surface area (Å²) in [6, 6.07) is 16.0. The predicted octanol–water partition coefficient (Wildman–Crippen LogP) is 3.23. The van der Waals surface area contributed by atoms with E-state index in [2.05, 4.69) is 4.98 Å². The molecule has 0 atom stereocenters. The lowest BCUT2D eigenvalue weighted by Crippen LogP contribution is -2.34. The largest absolute Gasteiger partial charge is 0.493 e. The molecule has 0 saturated heterocycles. The zero-order chi connectivity index (χ0) is 25.4. The molecular weight excluding hydrogens is 482 g/mol.